The summed E-state index contributed by atoms with van der Waals surface area (Å²) in [5.41, 5.74) is 2.19. The van der Waals surface area contributed by atoms with Gasteiger partial charge >= 0.3 is 0 Å². The predicted octanol–water partition coefficient (Wildman–Crippen LogP) is 0.719. The van der Waals surface area contributed by atoms with E-state index >= 15 is 0 Å². The van der Waals surface area contributed by atoms with Gasteiger partial charge in [-0.1, -0.05) is 8.58 Å². The third kappa shape index (κ3) is 1.72. The van der Waals surface area contributed by atoms with Crippen molar-refractivity contribution in [2.75, 3.05) is 6.66 Å². The second kappa shape index (κ2) is 2.88. The molecule has 0 radical (unpaired) electrons. The zero-order valence-corrected chi connectivity index (χ0v) is 6.55. The molecule has 1 rings (SSSR count). The second-order valence-corrected chi connectivity index (χ2v) is 2.81. The lowest BCUT2D eigenvalue weighted by Crippen LogP contribution is -2.01. The molecule has 0 saturated heterocycles. The first kappa shape index (κ1) is 6.63. The molecule has 0 fully saturated rings. The van der Waals surface area contributed by atoms with Crippen LogP contribution in [0.4, 0.5) is 0 Å². The molecular weight excluding hydrogens is 131 g/mol. The third-order valence-electron chi connectivity index (χ3n) is 1.06. The topological polar surface area (TPSA) is 25.8 Å². The Balaban J connectivity index is 2.94. The average molecular weight is 140 g/mol. The molecule has 1 heterocycles. The molecule has 9 heavy (non-hydrogen) atoms. The molecule has 3 heteroatoms. The molecule has 1 aromatic rings. The molecule has 1 atom stereocenters. The van der Waals surface area contributed by atoms with Crippen LogP contribution in [0.2, 0.25) is 0 Å². The predicted molar refractivity (Wildman–Crippen MR) is 40.6 cm³/mol. The van der Waals surface area contributed by atoms with Crippen LogP contribution in [0, 0.1) is 6.92 Å². The van der Waals surface area contributed by atoms with E-state index < -0.39 is 0 Å². The minimum absolute atomic E-state index is 0.775. The lowest BCUT2D eigenvalue weighted by atomic mass is 10.5. The van der Waals surface area contributed by atoms with Crippen molar-refractivity contribution in [2.24, 2.45) is 0 Å². The van der Waals surface area contributed by atoms with E-state index in [1.54, 1.807) is 6.33 Å². The van der Waals surface area contributed by atoms with Crippen molar-refractivity contribution in [1.82, 2.24) is 9.97 Å². The molecule has 0 N–H and O–H groups in total. The van der Waals surface area contributed by atoms with Crippen molar-refractivity contribution in [3.63, 3.8) is 0 Å². The number of nitrogens with zero attached hydrogens (tertiary/aromatic N) is 2. The van der Waals surface area contributed by atoms with E-state index in [2.05, 4.69) is 16.6 Å². The first-order chi connectivity index (χ1) is 4.33. The van der Waals surface area contributed by atoms with E-state index in [0.717, 1.165) is 19.7 Å². The molecule has 48 valence electrons. The summed E-state index contributed by atoms with van der Waals surface area (Å²) in [7, 11) is 0.775. The van der Waals surface area contributed by atoms with Gasteiger partial charge in [0.05, 0.1) is 5.44 Å². The quantitative estimate of drug-likeness (QED) is 0.537. The van der Waals surface area contributed by atoms with Gasteiger partial charge in [0, 0.05) is 5.69 Å². The summed E-state index contributed by atoms with van der Waals surface area (Å²) < 4.78 is 0. The van der Waals surface area contributed by atoms with Crippen LogP contribution < -0.4 is 5.44 Å². The lowest BCUT2D eigenvalue weighted by molar-refractivity contribution is 1.13. The van der Waals surface area contributed by atoms with Gasteiger partial charge in [0.1, 0.15) is 6.33 Å². The SMILES string of the molecule is CPc1cc(C)ncn1. The number of hydrogen-bond acceptors (Lipinski definition) is 2. The summed E-state index contributed by atoms with van der Waals surface area (Å²) in [5.74, 6) is 0. The summed E-state index contributed by atoms with van der Waals surface area (Å²) >= 11 is 0. The van der Waals surface area contributed by atoms with Gasteiger partial charge in [0.25, 0.3) is 0 Å². The summed E-state index contributed by atoms with van der Waals surface area (Å²) in [6, 6.07) is 2.01. The smallest absolute Gasteiger partial charge is 0.116 e. The summed E-state index contributed by atoms with van der Waals surface area (Å²) in [6.07, 6.45) is 1.61. The molecule has 2 nitrogen and oxygen atoms in total. The van der Waals surface area contributed by atoms with Crippen LogP contribution in [-0.4, -0.2) is 16.6 Å². The maximum absolute atomic E-state index is 4.06. The summed E-state index contributed by atoms with van der Waals surface area (Å²) in [6.45, 7) is 4.09. The van der Waals surface area contributed by atoms with Crippen molar-refractivity contribution >= 4 is 14.0 Å². The number of aromatic nitrogens is 2. The first-order valence-corrected chi connectivity index (χ1v) is 4.29. The first-order valence-electron chi connectivity index (χ1n) is 2.79. The zero-order chi connectivity index (χ0) is 6.69. The number of aryl methyl sites for hydroxylation is 1. The van der Waals surface area contributed by atoms with Gasteiger partial charge in [-0.2, -0.15) is 0 Å². The van der Waals surface area contributed by atoms with Gasteiger partial charge in [0.2, 0.25) is 0 Å². The maximum atomic E-state index is 4.06. The van der Waals surface area contributed by atoms with Crippen LogP contribution in [0.1, 0.15) is 5.69 Å². The highest BCUT2D eigenvalue weighted by atomic mass is 31.1. The second-order valence-electron chi connectivity index (χ2n) is 1.79. The zero-order valence-electron chi connectivity index (χ0n) is 5.55. The van der Waals surface area contributed by atoms with Crippen LogP contribution >= 0.6 is 8.58 Å². The standard InChI is InChI=1S/C6H9N2P/c1-5-3-6(9-2)8-4-7-5/h3-4,9H,1-2H3. The van der Waals surface area contributed by atoms with Gasteiger partial charge in [-0.3, -0.25) is 0 Å². The maximum Gasteiger partial charge on any atom is 0.116 e. The highest BCUT2D eigenvalue weighted by molar-refractivity contribution is 7.45. The van der Waals surface area contributed by atoms with E-state index in [4.69, 9.17) is 0 Å². The molecule has 0 aromatic carbocycles. The van der Waals surface area contributed by atoms with Gasteiger partial charge in [-0.05, 0) is 19.7 Å². The summed E-state index contributed by atoms with van der Waals surface area (Å²) in [4.78, 5) is 8.04. The van der Waals surface area contributed by atoms with Crippen LogP contribution in [-0.2, 0) is 0 Å². The minimum atomic E-state index is 0.775. The highest BCUT2D eigenvalue weighted by Crippen LogP contribution is 1.99. The third-order valence-corrected chi connectivity index (χ3v) is 1.85. The van der Waals surface area contributed by atoms with Crippen molar-refractivity contribution in [1.29, 1.82) is 0 Å². The largest absolute Gasteiger partial charge is 0.242 e. The van der Waals surface area contributed by atoms with Crippen molar-refractivity contribution in [2.45, 2.75) is 6.92 Å². The van der Waals surface area contributed by atoms with Crippen LogP contribution in [0.5, 0.6) is 0 Å². The van der Waals surface area contributed by atoms with E-state index in [9.17, 15) is 0 Å². The Labute approximate surface area is 56.5 Å². The van der Waals surface area contributed by atoms with Gasteiger partial charge < -0.3 is 0 Å². The molecule has 0 aliphatic heterocycles. The Bertz CT molecular complexity index is 200. The molecule has 0 saturated carbocycles. The van der Waals surface area contributed by atoms with Gasteiger partial charge in [0.15, 0.2) is 0 Å². The van der Waals surface area contributed by atoms with E-state index in [1.165, 1.54) is 0 Å². The Morgan fingerprint density at radius 1 is 1.44 bits per heavy atom. The minimum Gasteiger partial charge on any atom is -0.242 e. The Morgan fingerprint density at radius 3 is 2.67 bits per heavy atom. The molecule has 0 spiro atoms. The van der Waals surface area contributed by atoms with Crippen LogP contribution in [0.3, 0.4) is 0 Å². The Hall–Kier alpha value is -0.490. The van der Waals surface area contributed by atoms with Crippen molar-refractivity contribution in [3.8, 4) is 0 Å². The Morgan fingerprint density at radius 2 is 2.22 bits per heavy atom. The molecular formula is C6H9N2P. The van der Waals surface area contributed by atoms with Crippen LogP contribution in [0.25, 0.3) is 0 Å². The van der Waals surface area contributed by atoms with E-state index in [-0.39, 0.29) is 0 Å². The highest BCUT2D eigenvalue weighted by Gasteiger charge is 1.88. The number of rotatable bonds is 1. The van der Waals surface area contributed by atoms with Crippen molar-refractivity contribution in [3.05, 3.63) is 18.1 Å². The van der Waals surface area contributed by atoms with Gasteiger partial charge in [-0.15, -0.1) is 0 Å². The lowest BCUT2D eigenvalue weighted by Gasteiger charge is -1.93. The molecule has 0 amide bonds. The molecule has 0 aliphatic rings. The van der Waals surface area contributed by atoms with Crippen molar-refractivity contribution < 1.29 is 0 Å². The van der Waals surface area contributed by atoms with E-state index in [0.29, 0.717) is 0 Å². The fourth-order valence-electron chi connectivity index (χ4n) is 0.591. The average Bonchev–Trinajstić information content (AvgIpc) is 1.88. The molecule has 0 bridgehead atoms. The van der Waals surface area contributed by atoms with E-state index in [1.807, 2.05) is 13.0 Å². The molecule has 1 unspecified atom stereocenters. The fourth-order valence-corrected chi connectivity index (χ4v) is 1.13. The normalized spacial score (nSPS) is 10.9. The fraction of sp³-hybridized carbons (Fsp3) is 0.333. The Kier molecular flexibility index (Phi) is 2.12. The number of hydrogen-bond donors (Lipinski definition) is 0. The monoisotopic (exact) mass is 140 g/mol. The summed E-state index contributed by atoms with van der Waals surface area (Å²) in [5, 5.41) is 0. The molecule has 1 aromatic heterocycles. The molecule has 0 aliphatic carbocycles. The van der Waals surface area contributed by atoms with Gasteiger partial charge in [-0.25, -0.2) is 9.97 Å². The van der Waals surface area contributed by atoms with Crippen LogP contribution in [0.15, 0.2) is 12.4 Å².